The number of nitrogens with zero attached hydrogens (tertiary/aromatic N) is 5. The van der Waals surface area contributed by atoms with E-state index in [4.69, 9.17) is 30.5 Å². The number of ketones is 1. The third-order valence-electron chi connectivity index (χ3n) is 8.98. The number of carbonyl (C=O) groups is 5. The topological polar surface area (TPSA) is 201 Å². The third-order valence-corrected chi connectivity index (χ3v) is 10.4. The van der Waals surface area contributed by atoms with E-state index in [1.54, 1.807) is 67.7 Å². The number of tetrazole rings is 1. The number of hydrogen-bond acceptors (Lipinski definition) is 13. The fraction of sp³-hybridized carbons (Fsp3) is 0.250. The van der Waals surface area contributed by atoms with E-state index in [-0.39, 0.29) is 17.9 Å². The first-order valence-corrected chi connectivity index (χ1v) is 19.1. The van der Waals surface area contributed by atoms with Crippen LogP contribution in [0.15, 0.2) is 120 Å². The van der Waals surface area contributed by atoms with Gasteiger partial charge >= 0.3 is 11.9 Å². The van der Waals surface area contributed by atoms with Crippen LogP contribution in [-0.4, -0.2) is 96.7 Å². The maximum absolute atomic E-state index is 14.5. The summed E-state index contributed by atoms with van der Waals surface area (Å²) in [4.78, 5) is 68.2. The number of aliphatic carboxylic acids is 1. The number of β-lactam (4-membered cyclic amide) rings is 1. The van der Waals surface area contributed by atoms with Gasteiger partial charge in [-0.2, -0.15) is 0 Å². The molecule has 58 heavy (non-hydrogen) atoms. The quantitative estimate of drug-likeness (QED) is 0.0231. The summed E-state index contributed by atoms with van der Waals surface area (Å²) in [6, 6.07) is 33.5. The largest absolute Gasteiger partial charge is 0.489 e. The molecule has 0 aliphatic carbocycles. The van der Waals surface area contributed by atoms with E-state index < -0.39 is 65.6 Å². The summed E-state index contributed by atoms with van der Waals surface area (Å²) in [6.45, 7) is -0.405. The molecule has 2 amide bonds. The molecule has 1 fully saturated rings. The van der Waals surface area contributed by atoms with E-state index in [2.05, 4.69) is 20.8 Å². The lowest BCUT2D eigenvalue weighted by Gasteiger charge is -2.54. The number of amides is 2. The van der Waals surface area contributed by atoms with Crippen molar-refractivity contribution >= 4 is 52.9 Å². The summed E-state index contributed by atoms with van der Waals surface area (Å²) in [5.41, 5.74) is -2.07. The number of benzene rings is 4. The van der Waals surface area contributed by atoms with Crippen LogP contribution < -0.4 is 10.1 Å². The van der Waals surface area contributed by atoms with Gasteiger partial charge in [0, 0.05) is 14.2 Å². The van der Waals surface area contributed by atoms with Gasteiger partial charge in [-0.1, -0.05) is 126 Å². The average Bonchev–Trinajstić information content (AvgIpc) is 3.67. The van der Waals surface area contributed by atoms with Crippen molar-refractivity contribution in [3.05, 3.63) is 138 Å². The van der Waals surface area contributed by atoms with E-state index in [0.717, 1.165) is 24.4 Å². The van der Waals surface area contributed by atoms with Crippen molar-refractivity contribution in [3.63, 3.8) is 0 Å². The lowest BCUT2D eigenvalue weighted by molar-refractivity contribution is -0.263. The minimum atomic E-state index is -2.42. The van der Waals surface area contributed by atoms with E-state index in [1.165, 1.54) is 16.8 Å². The number of aromatic nitrogens is 4. The fourth-order valence-corrected chi connectivity index (χ4v) is 6.93. The summed E-state index contributed by atoms with van der Waals surface area (Å²) in [6.07, 6.45) is -2.68. The van der Waals surface area contributed by atoms with E-state index in [1.807, 2.05) is 42.5 Å². The molecule has 18 heteroatoms. The number of hydrogen-bond donors (Lipinski definition) is 2. The number of methoxy groups -OCH3 is 1. The molecule has 2 N–H and O–H groups in total. The normalized spacial score (nSPS) is 17.2. The van der Waals surface area contributed by atoms with Crippen LogP contribution in [0, 0.1) is 0 Å². The first-order chi connectivity index (χ1) is 28.0. The number of carboxylic acid groups (broad SMARTS) is 1. The second-order valence-electron chi connectivity index (χ2n) is 12.8. The van der Waals surface area contributed by atoms with Gasteiger partial charge in [0.25, 0.3) is 11.6 Å². The maximum Gasteiger partial charge on any atom is 0.342 e. The standard InChI is InChI=1S/C40H37ClN6O10S/c1-46-39(43-44-45-46)58-24-29(48)23-56-38-40(54-2,37(53)47(38)33(41)35(50)51)42-34(49)31(26-18-20-30(21-19-26)55-22-25-12-6-3-7-13-25)36(52)57-32(27-14-8-4-9-15-27)28-16-10-5-11-17-28/h3-21,31-33,38H,22-24H2,1-2H3,(H,42,49)(H,50,51)/t31?,33?,38-,40+/m0/s1. The highest BCUT2D eigenvalue weighted by Crippen LogP contribution is 2.38. The second-order valence-corrected chi connectivity index (χ2v) is 14.2. The molecule has 0 bridgehead atoms. The predicted octanol–water partition coefficient (Wildman–Crippen LogP) is 3.86. The highest BCUT2D eigenvalue weighted by Gasteiger charge is 2.67. The Hall–Kier alpha value is -6.14. The molecular formula is C40H37ClN6O10S. The van der Waals surface area contributed by atoms with Crippen LogP contribution in [0.2, 0.25) is 0 Å². The van der Waals surface area contributed by atoms with E-state index >= 15 is 0 Å². The smallest absolute Gasteiger partial charge is 0.342 e. The zero-order valence-electron chi connectivity index (χ0n) is 31.0. The Kier molecular flexibility index (Phi) is 13.5. The van der Waals surface area contributed by atoms with Gasteiger partial charge in [-0.05, 0) is 44.8 Å². The minimum absolute atomic E-state index is 0.159. The van der Waals surface area contributed by atoms with Crippen LogP contribution >= 0.6 is 23.4 Å². The average molecular weight is 829 g/mol. The summed E-state index contributed by atoms with van der Waals surface area (Å²) in [5.74, 6) is -6.72. The number of likely N-dealkylation sites (tertiary alicyclic amines) is 1. The SMILES string of the molecule is CO[C@]1(NC(=O)C(C(=O)OC(c2ccccc2)c2ccccc2)c2ccc(OCc3ccccc3)cc2)C(=O)N(C(Cl)C(=O)O)[C@H]1OCC(=O)CSc1nnnn1C. The van der Waals surface area contributed by atoms with Crippen molar-refractivity contribution in [1.29, 1.82) is 0 Å². The van der Waals surface area contributed by atoms with Crippen molar-refractivity contribution in [2.75, 3.05) is 19.5 Å². The number of aryl methyl sites for hydroxylation is 1. The van der Waals surface area contributed by atoms with Gasteiger partial charge in [-0.15, -0.1) is 5.10 Å². The number of nitrogens with one attached hydrogen (secondary N) is 1. The number of Topliss-reactive ketones (excluding diaryl/α,β-unsaturated/α-hetero) is 1. The van der Waals surface area contributed by atoms with Crippen LogP contribution in [0.25, 0.3) is 0 Å². The third kappa shape index (κ3) is 9.34. The zero-order valence-corrected chi connectivity index (χ0v) is 32.6. The molecule has 2 heterocycles. The molecule has 5 aromatic rings. The van der Waals surface area contributed by atoms with Crippen molar-refractivity contribution in [2.24, 2.45) is 7.05 Å². The summed E-state index contributed by atoms with van der Waals surface area (Å²) in [5, 5.41) is 23.5. The molecular weight excluding hydrogens is 792 g/mol. The lowest BCUT2D eigenvalue weighted by Crippen LogP contribution is -2.83. The van der Waals surface area contributed by atoms with Crippen LogP contribution in [-0.2, 0) is 51.8 Å². The van der Waals surface area contributed by atoms with Crippen LogP contribution in [0.3, 0.4) is 0 Å². The minimum Gasteiger partial charge on any atom is -0.489 e. The molecule has 1 aromatic heterocycles. The molecule has 300 valence electrons. The first-order valence-electron chi connectivity index (χ1n) is 17.6. The highest BCUT2D eigenvalue weighted by atomic mass is 35.5. The highest BCUT2D eigenvalue weighted by molar-refractivity contribution is 7.99. The summed E-state index contributed by atoms with van der Waals surface area (Å²) >= 11 is 7.12. The molecule has 4 aromatic carbocycles. The number of esters is 1. The van der Waals surface area contributed by atoms with Gasteiger partial charge in [-0.25, -0.2) is 9.48 Å². The van der Waals surface area contributed by atoms with Gasteiger partial charge in [0.1, 0.15) is 19.0 Å². The first kappa shape index (κ1) is 41.5. The number of ether oxygens (including phenoxy) is 4. The number of thioether (sulfide) groups is 1. The van der Waals surface area contributed by atoms with Crippen LogP contribution in [0.1, 0.15) is 34.3 Å². The Bertz CT molecular complexity index is 2180. The Balaban J connectivity index is 1.29. The van der Waals surface area contributed by atoms with Gasteiger partial charge in [-0.3, -0.25) is 24.1 Å². The number of carboxylic acids is 1. The van der Waals surface area contributed by atoms with Gasteiger partial charge in [0.15, 0.2) is 24.0 Å². The predicted molar refractivity (Wildman–Crippen MR) is 207 cm³/mol. The maximum atomic E-state index is 14.5. The van der Waals surface area contributed by atoms with Crippen molar-refractivity contribution in [1.82, 2.24) is 30.4 Å². The Morgan fingerprint density at radius 3 is 2.05 bits per heavy atom. The van der Waals surface area contributed by atoms with Crippen molar-refractivity contribution < 1.29 is 48.0 Å². The lowest BCUT2D eigenvalue weighted by atomic mass is 9.93. The van der Waals surface area contributed by atoms with Crippen LogP contribution in [0.4, 0.5) is 0 Å². The van der Waals surface area contributed by atoms with Gasteiger partial charge in [0.2, 0.25) is 16.6 Å². The molecule has 1 aliphatic rings. The number of alkyl halides is 1. The van der Waals surface area contributed by atoms with Crippen molar-refractivity contribution in [3.8, 4) is 5.75 Å². The number of halogens is 1. The van der Waals surface area contributed by atoms with Crippen molar-refractivity contribution in [2.45, 2.75) is 41.2 Å². The molecule has 0 spiro atoms. The molecule has 1 saturated heterocycles. The van der Waals surface area contributed by atoms with E-state index in [9.17, 15) is 29.1 Å². The zero-order chi connectivity index (χ0) is 41.2. The molecule has 0 radical (unpaired) electrons. The molecule has 0 saturated carbocycles. The van der Waals surface area contributed by atoms with E-state index in [0.29, 0.717) is 26.9 Å². The Labute approximate surface area is 341 Å². The molecule has 2 unspecified atom stereocenters. The summed E-state index contributed by atoms with van der Waals surface area (Å²) in [7, 11) is 2.66. The number of carbonyl (C=O) groups excluding carboxylic acids is 4. The van der Waals surface area contributed by atoms with Crippen LogP contribution in [0.5, 0.6) is 5.75 Å². The molecule has 6 rings (SSSR count). The number of rotatable bonds is 19. The molecule has 4 atom stereocenters. The molecule has 16 nitrogen and oxygen atoms in total. The summed E-state index contributed by atoms with van der Waals surface area (Å²) < 4.78 is 24.7. The van der Waals surface area contributed by atoms with Gasteiger partial charge < -0.3 is 29.4 Å². The Morgan fingerprint density at radius 2 is 1.50 bits per heavy atom. The fourth-order valence-electron chi connectivity index (χ4n) is 6.04. The second kappa shape index (κ2) is 18.9. The Morgan fingerprint density at radius 1 is 0.897 bits per heavy atom. The van der Waals surface area contributed by atoms with Gasteiger partial charge in [0.05, 0.1) is 5.75 Å². The monoisotopic (exact) mass is 828 g/mol. The molecule has 1 aliphatic heterocycles.